The van der Waals surface area contributed by atoms with Crippen LogP contribution < -0.4 is 16.4 Å². The van der Waals surface area contributed by atoms with Crippen molar-refractivity contribution in [1.29, 1.82) is 0 Å². The number of aryl methyl sites for hydroxylation is 2. The van der Waals surface area contributed by atoms with E-state index < -0.39 is 42.0 Å². The van der Waals surface area contributed by atoms with E-state index in [4.69, 9.17) is 10.5 Å². The van der Waals surface area contributed by atoms with E-state index in [2.05, 4.69) is 17.6 Å². The fraction of sp³-hybridized carbons (Fsp3) is 0.515. The molecular formula is C33H48N4O5. The number of carbonyl (C=O) groups excluding carboxylic acids is 4. The van der Waals surface area contributed by atoms with Gasteiger partial charge in [0.15, 0.2) is 0 Å². The van der Waals surface area contributed by atoms with Crippen LogP contribution in [0, 0.1) is 13.8 Å². The number of benzene rings is 2. The maximum atomic E-state index is 14.3. The van der Waals surface area contributed by atoms with Crippen molar-refractivity contribution in [3.63, 3.8) is 0 Å². The number of unbranched alkanes of at least 4 members (excludes halogenated alkanes) is 4. The first kappa shape index (κ1) is 34.3. The van der Waals surface area contributed by atoms with E-state index in [0.717, 1.165) is 42.4 Å². The van der Waals surface area contributed by atoms with E-state index in [9.17, 15) is 19.2 Å². The molecule has 9 heteroatoms. The molecule has 42 heavy (non-hydrogen) atoms. The van der Waals surface area contributed by atoms with Crippen LogP contribution in [0.3, 0.4) is 0 Å². The first-order valence-corrected chi connectivity index (χ1v) is 14.8. The van der Waals surface area contributed by atoms with E-state index in [1.165, 1.54) is 4.90 Å². The van der Waals surface area contributed by atoms with Gasteiger partial charge in [-0.3, -0.25) is 14.4 Å². The number of nitrogens with one attached hydrogen (secondary N) is 2. The number of hydrogen-bond acceptors (Lipinski definition) is 5. The Morgan fingerprint density at radius 2 is 1.62 bits per heavy atom. The molecule has 2 aromatic carbocycles. The van der Waals surface area contributed by atoms with Crippen LogP contribution in [0.5, 0.6) is 0 Å². The van der Waals surface area contributed by atoms with E-state index in [0.29, 0.717) is 12.0 Å². The van der Waals surface area contributed by atoms with Gasteiger partial charge in [0.25, 0.3) is 0 Å². The quantitative estimate of drug-likeness (QED) is 0.248. The van der Waals surface area contributed by atoms with Gasteiger partial charge in [0.05, 0.1) is 6.42 Å². The molecule has 0 aliphatic heterocycles. The molecule has 0 aromatic heterocycles. The Morgan fingerprint density at radius 3 is 2.24 bits per heavy atom. The van der Waals surface area contributed by atoms with Crippen LogP contribution in [0.15, 0.2) is 48.5 Å². The third-order valence-corrected chi connectivity index (χ3v) is 6.78. The standard InChI is InChI=1S/C33H48N4O5/c1-7-8-9-10-14-19-37(31(40)27(21-28(34)38)36-32(41)42-33(4,5)6)29(26-20-23(2)17-18-24(26)3)30(39)35-22-25-15-12-11-13-16-25/h11-13,15-18,20,27,29H,7-10,14,19,21-22H2,1-6H3,(H2,34,38)(H,35,39)(H,36,41). The normalized spacial score (nSPS) is 12.6. The van der Waals surface area contributed by atoms with Gasteiger partial charge in [0, 0.05) is 13.1 Å². The van der Waals surface area contributed by atoms with E-state index >= 15 is 0 Å². The Morgan fingerprint density at radius 1 is 0.952 bits per heavy atom. The SMILES string of the molecule is CCCCCCCN(C(=O)C(CC(N)=O)NC(=O)OC(C)(C)C)C(C(=O)NCc1ccccc1)c1cc(C)ccc1C. The van der Waals surface area contributed by atoms with Gasteiger partial charge in [-0.25, -0.2) is 4.79 Å². The molecule has 2 rings (SSSR count). The van der Waals surface area contributed by atoms with Gasteiger partial charge in [-0.1, -0.05) is 86.7 Å². The van der Waals surface area contributed by atoms with E-state index in [-0.39, 0.29) is 19.0 Å². The highest BCUT2D eigenvalue weighted by molar-refractivity contribution is 5.94. The summed E-state index contributed by atoms with van der Waals surface area (Å²) >= 11 is 0. The maximum Gasteiger partial charge on any atom is 0.408 e. The summed E-state index contributed by atoms with van der Waals surface area (Å²) in [6, 6.07) is 13.0. The third kappa shape index (κ3) is 11.5. The molecule has 0 bridgehead atoms. The van der Waals surface area contributed by atoms with Crippen molar-refractivity contribution in [3.05, 3.63) is 70.8 Å². The molecule has 0 spiro atoms. The summed E-state index contributed by atoms with van der Waals surface area (Å²) in [5, 5.41) is 5.55. The Hall–Kier alpha value is -3.88. The van der Waals surface area contributed by atoms with Crippen molar-refractivity contribution < 1.29 is 23.9 Å². The highest BCUT2D eigenvalue weighted by Gasteiger charge is 2.37. The summed E-state index contributed by atoms with van der Waals surface area (Å²) in [5.74, 6) is -1.69. The van der Waals surface area contributed by atoms with Crippen LogP contribution >= 0.6 is 0 Å². The van der Waals surface area contributed by atoms with Crippen LogP contribution in [0.2, 0.25) is 0 Å². The van der Waals surface area contributed by atoms with Gasteiger partial charge in [0.1, 0.15) is 17.7 Å². The zero-order valence-electron chi connectivity index (χ0n) is 26.0. The first-order chi connectivity index (χ1) is 19.8. The number of primary amides is 1. The third-order valence-electron chi connectivity index (χ3n) is 6.78. The lowest BCUT2D eigenvalue weighted by Gasteiger charge is -2.35. The molecule has 0 radical (unpaired) electrons. The van der Waals surface area contributed by atoms with Gasteiger partial charge >= 0.3 is 6.09 Å². The zero-order valence-corrected chi connectivity index (χ0v) is 26.0. The molecule has 2 unspecified atom stereocenters. The lowest BCUT2D eigenvalue weighted by molar-refractivity contribution is -0.143. The van der Waals surface area contributed by atoms with Crippen LogP contribution in [-0.4, -0.2) is 46.9 Å². The largest absolute Gasteiger partial charge is 0.444 e. The van der Waals surface area contributed by atoms with Crippen molar-refractivity contribution in [2.24, 2.45) is 5.73 Å². The first-order valence-electron chi connectivity index (χ1n) is 14.8. The molecule has 0 aliphatic rings. The van der Waals surface area contributed by atoms with Crippen LogP contribution in [-0.2, 0) is 25.7 Å². The number of nitrogens with two attached hydrogens (primary N) is 1. The van der Waals surface area contributed by atoms with Crippen molar-refractivity contribution in [3.8, 4) is 0 Å². The average Bonchev–Trinajstić information content (AvgIpc) is 2.91. The number of ether oxygens (including phenoxy) is 1. The van der Waals surface area contributed by atoms with Crippen molar-refractivity contribution in [2.45, 2.75) is 104 Å². The van der Waals surface area contributed by atoms with E-state index in [1.54, 1.807) is 20.8 Å². The van der Waals surface area contributed by atoms with Crippen LogP contribution in [0.1, 0.15) is 94.5 Å². The lowest BCUT2D eigenvalue weighted by Crippen LogP contribution is -2.54. The van der Waals surface area contributed by atoms with Gasteiger partial charge in [0.2, 0.25) is 17.7 Å². The molecule has 0 aliphatic carbocycles. The van der Waals surface area contributed by atoms with Crippen molar-refractivity contribution in [2.75, 3.05) is 6.54 Å². The summed E-state index contributed by atoms with van der Waals surface area (Å²) in [6.07, 6.45) is 3.36. The average molecular weight is 581 g/mol. The van der Waals surface area contributed by atoms with E-state index in [1.807, 2.05) is 62.4 Å². The van der Waals surface area contributed by atoms with Gasteiger partial charge in [-0.05, 0) is 57.7 Å². The summed E-state index contributed by atoms with van der Waals surface area (Å²) in [6.45, 7) is 11.6. The monoisotopic (exact) mass is 580 g/mol. The fourth-order valence-electron chi connectivity index (χ4n) is 4.69. The molecule has 0 heterocycles. The summed E-state index contributed by atoms with van der Waals surface area (Å²) < 4.78 is 5.37. The predicted molar refractivity (Wildman–Crippen MR) is 164 cm³/mol. The van der Waals surface area contributed by atoms with Gasteiger partial charge in [-0.15, -0.1) is 0 Å². The second-order valence-electron chi connectivity index (χ2n) is 11.8. The summed E-state index contributed by atoms with van der Waals surface area (Å²) in [4.78, 5) is 54.5. The molecule has 230 valence electrons. The molecule has 4 N–H and O–H groups in total. The van der Waals surface area contributed by atoms with Crippen LogP contribution in [0.4, 0.5) is 4.79 Å². The lowest BCUT2D eigenvalue weighted by atomic mass is 9.95. The Kier molecular flexibility index (Phi) is 13.5. The second-order valence-corrected chi connectivity index (χ2v) is 11.8. The minimum absolute atomic E-state index is 0.255. The number of carbonyl (C=O) groups is 4. The number of amides is 4. The van der Waals surface area contributed by atoms with Gasteiger partial charge < -0.3 is 26.0 Å². The van der Waals surface area contributed by atoms with Gasteiger partial charge in [-0.2, -0.15) is 0 Å². The zero-order chi connectivity index (χ0) is 31.3. The molecule has 2 atom stereocenters. The summed E-state index contributed by atoms with van der Waals surface area (Å²) in [7, 11) is 0. The van der Waals surface area contributed by atoms with Crippen LogP contribution in [0.25, 0.3) is 0 Å². The topological polar surface area (TPSA) is 131 Å². The predicted octanol–water partition coefficient (Wildman–Crippen LogP) is 5.23. The number of nitrogens with zero attached hydrogens (tertiary/aromatic N) is 1. The number of rotatable bonds is 15. The number of alkyl carbamates (subject to hydrolysis) is 1. The summed E-state index contributed by atoms with van der Waals surface area (Å²) in [5.41, 5.74) is 8.07. The fourth-order valence-corrected chi connectivity index (χ4v) is 4.69. The molecule has 0 fully saturated rings. The Bertz CT molecular complexity index is 1190. The Balaban J connectivity index is 2.53. The van der Waals surface area contributed by atoms with Crippen molar-refractivity contribution in [1.82, 2.24) is 15.5 Å². The second kappa shape index (κ2) is 16.5. The Labute approximate surface area is 250 Å². The maximum absolute atomic E-state index is 14.3. The number of hydrogen-bond donors (Lipinski definition) is 3. The highest BCUT2D eigenvalue weighted by Crippen LogP contribution is 2.28. The molecule has 0 saturated heterocycles. The highest BCUT2D eigenvalue weighted by atomic mass is 16.6. The minimum atomic E-state index is -1.30. The minimum Gasteiger partial charge on any atom is -0.444 e. The van der Waals surface area contributed by atoms with Crippen molar-refractivity contribution >= 4 is 23.8 Å². The smallest absolute Gasteiger partial charge is 0.408 e. The molecule has 4 amide bonds. The molecule has 2 aromatic rings. The molecular weight excluding hydrogens is 532 g/mol. The molecule has 9 nitrogen and oxygen atoms in total. The molecule has 0 saturated carbocycles.